The minimum atomic E-state index is -5.00. The van der Waals surface area contributed by atoms with Crippen molar-refractivity contribution in [1.82, 2.24) is 0 Å². The van der Waals surface area contributed by atoms with Gasteiger partial charge in [-0.2, -0.15) is 26.3 Å². The van der Waals surface area contributed by atoms with Crippen LogP contribution in [0.3, 0.4) is 0 Å². The van der Waals surface area contributed by atoms with Crippen molar-refractivity contribution in [2.24, 2.45) is 5.10 Å². The maximum Gasteiger partial charge on any atom is 0.416 e. The molecule has 0 atom stereocenters. The van der Waals surface area contributed by atoms with Gasteiger partial charge in [0.15, 0.2) is 12.3 Å². The molecule has 1 aliphatic rings. The van der Waals surface area contributed by atoms with Crippen LogP contribution in [0.5, 0.6) is 0 Å². The lowest BCUT2D eigenvalue weighted by Gasteiger charge is -2.17. The number of hydrogen-bond acceptors (Lipinski definition) is 2. The molecule has 0 unspecified atom stereocenters. The monoisotopic (exact) mass is 366 g/mol. The number of halogens is 6. The third-order valence-electron chi connectivity index (χ3n) is 3.90. The number of nitrogens with zero attached hydrogens (tertiary/aromatic N) is 2. The van der Waals surface area contributed by atoms with Crippen molar-refractivity contribution in [2.45, 2.75) is 45.0 Å². The zero-order valence-electron chi connectivity index (χ0n) is 13.3. The molecule has 1 aromatic rings. The van der Waals surface area contributed by atoms with Gasteiger partial charge in [-0.1, -0.05) is 11.6 Å². The minimum Gasteiger partial charge on any atom is -0.854 e. The Kier molecular flexibility index (Phi) is 5.43. The SMILES string of the molecule is CCC1=[N+](/N=C(\[O-])c2cc(C(F)(F)F)cc(C(F)(F)F)c2)CCCC1. The fourth-order valence-electron chi connectivity index (χ4n) is 2.60. The maximum absolute atomic E-state index is 12.9. The summed E-state index contributed by atoms with van der Waals surface area (Å²) in [5.41, 5.74) is -2.95. The van der Waals surface area contributed by atoms with Gasteiger partial charge in [0, 0.05) is 19.3 Å². The van der Waals surface area contributed by atoms with Crippen LogP contribution >= 0.6 is 0 Å². The first kappa shape index (κ1) is 19.3. The third-order valence-corrected chi connectivity index (χ3v) is 3.90. The Balaban J connectivity index is 2.53. The van der Waals surface area contributed by atoms with Crippen molar-refractivity contribution in [1.29, 1.82) is 0 Å². The lowest BCUT2D eigenvalue weighted by Crippen LogP contribution is -2.28. The van der Waals surface area contributed by atoms with Gasteiger partial charge in [0.2, 0.25) is 0 Å². The van der Waals surface area contributed by atoms with Gasteiger partial charge in [0.25, 0.3) is 0 Å². The highest BCUT2D eigenvalue weighted by atomic mass is 19.4. The van der Waals surface area contributed by atoms with E-state index in [0.717, 1.165) is 18.6 Å². The summed E-state index contributed by atoms with van der Waals surface area (Å²) in [4.78, 5) is 0. The van der Waals surface area contributed by atoms with Gasteiger partial charge >= 0.3 is 12.4 Å². The Hall–Kier alpha value is -2.06. The molecule has 0 saturated heterocycles. The van der Waals surface area contributed by atoms with E-state index >= 15 is 0 Å². The normalized spacial score (nSPS) is 17.2. The van der Waals surface area contributed by atoms with E-state index < -0.39 is 34.9 Å². The van der Waals surface area contributed by atoms with Crippen LogP contribution in [0.15, 0.2) is 23.3 Å². The van der Waals surface area contributed by atoms with Gasteiger partial charge in [-0.25, -0.2) is 0 Å². The number of rotatable bonds is 3. The standard InChI is InChI=1S/C16H16F6N2O/c1-2-13-5-3-4-6-24(13)23-14(25)10-7-11(15(17,18)19)9-12(8-10)16(20,21)22/h7-9H,2-6H2,1H3. The third kappa shape index (κ3) is 4.73. The van der Waals surface area contributed by atoms with Gasteiger partial charge in [0.1, 0.15) is 0 Å². The molecule has 0 aliphatic carbocycles. The van der Waals surface area contributed by atoms with E-state index in [2.05, 4.69) is 5.10 Å². The van der Waals surface area contributed by atoms with E-state index in [1.165, 1.54) is 4.68 Å². The molecule has 0 amide bonds. The number of hydrazone groups is 1. The lowest BCUT2D eigenvalue weighted by atomic mass is 10.0. The average Bonchev–Trinajstić information content (AvgIpc) is 2.53. The summed E-state index contributed by atoms with van der Waals surface area (Å²) in [7, 11) is 0. The molecule has 9 heteroatoms. The summed E-state index contributed by atoms with van der Waals surface area (Å²) < 4.78 is 78.5. The largest absolute Gasteiger partial charge is 0.854 e. The van der Waals surface area contributed by atoms with Crippen molar-refractivity contribution in [3.8, 4) is 0 Å². The van der Waals surface area contributed by atoms with Crippen LogP contribution in [-0.2, 0) is 12.4 Å². The Morgan fingerprint density at radius 2 is 1.60 bits per heavy atom. The van der Waals surface area contributed by atoms with E-state index in [1.807, 2.05) is 6.92 Å². The van der Waals surface area contributed by atoms with Gasteiger partial charge in [-0.15, -0.1) is 0 Å². The highest BCUT2D eigenvalue weighted by molar-refractivity contribution is 5.91. The number of benzene rings is 1. The van der Waals surface area contributed by atoms with E-state index in [0.29, 0.717) is 31.5 Å². The molecule has 3 nitrogen and oxygen atoms in total. The molecule has 1 aromatic carbocycles. The molecule has 1 heterocycles. The summed E-state index contributed by atoms with van der Waals surface area (Å²) in [5, 5.41) is 15.9. The smallest absolute Gasteiger partial charge is 0.416 e. The Labute approximate surface area is 140 Å². The molecule has 0 aromatic heterocycles. The molecule has 0 bridgehead atoms. The summed E-state index contributed by atoms with van der Waals surface area (Å²) in [5.74, 6) is -1.12. The fraction of sp³-hybridized carbons (Fsp3) is 0.500. The molecule has 25 heavy (non-hydrogen) atoms. The molecular weight excluding hydrogens is 350 g/mol. The van der Waals surface area contributed by atoms with Gasteiger partial charge in [0.05, 0.1) is 17.0 Å². The predicted octanol–water partition coefficient (Wildman–Crippen LogP) is 3.79. The quantitative estimate of drug-likeness (QED) is 0.347. The van der Waals surface area contributed by atoms with Crippen LogP contribution in [0.2, 0.25) is 0 Å². The molecule has 0 spiro atoms. The summed E-state index contributed by atoms with van der Waals surface area (Å²) in [6.45, 7) is 2.26. The van der Waals surface area contributed by atoms with Crippen LogP contribution in [0.25, 0.3) is 0 Å². The zero-order chi connectivity index (χ0) is 18.8. The van der Waals surface area contributed by atoms with E-state index in [1.54, 1.807) is 0 Å². The summed E-state index contributed by atoms with van der Waals surface area (Å²) in [6, 6.07) is 0.786. The second kappa shape index (κ2) is 7.05. The molecule has 0 saturated carbocycles. The Morgan fingerprint density at radius 3 is 2.08 bits per heavy atom. The Morgan fingerprint density at radius 1 is 1.04 bits per heavy atom. The Bertz CT molecular complexity index is 671. The zero-order valence-corrected chi connectivity index (χ0v) is 13.3. The molecule has 0 N–H and O–H groups in total. The number of alkyl halides is 6. The predicted molar refractivity (Wildman–Crippen MR) is 77.3 cm³/mol. The van der Waals surface area contributed by atoms with E-state index in [4.69, 9.17) is 0 Å². The summed E-state index contributed by atoms with van der Waals surface area (Å²) in [6.07, 6.45) is -7.04. The first-order chi connectivity index (χ1) is 11.5. The molecule has 2 rings (SSSR count). The molecule has 0 radical (unpaired) electrons. The molecule has 0 fully saturated rings. The second-order valence-electron chi connectivity index (χ2n) is 5.70. The van der Waals surface area contributed by atoms with Crippen LogP contribution < -0.4 is 5.11 Å². The van der Waals surface area contributed by atoms with Crippen LogP contribution in [0.4, 0.5) is 26.3 Å². The topological polar surface area (TPSA) is 38.4 Å². The van der Waals surface area contributed by atoms with Gasteiger partial charge in [-0.05, 0) is 35.3 Å². The minimum absolute atomic E-state index is 0.0126. The fourth-order valence-corrected chi connectivity index (χ4v) is 2.60. The number of hydrogen-bond donors (Lipinski definition) is 0. The van der Waals surface area contributed by atoms with Crippen molar-refractivity contribution >= 4 is 11.6 Å². The summed E-state index contributed by atoms with van der Waals surface area (Å²) >= 11 is 0. The van der Waals surface area contributed by atoms with Crippen LogP contribution in [0, 0.1) is 0 Å². The highest BCUT2D eigenvalue weighted by Gasteiger charge is 2.37. The first-order valence-corrected chi connectivity index (χ1v) is 7.70. The van der Waals surface area contributed by atoms with Crippen molar-refractivity contribution < 1.29 is 36.1 Å². The van der Waals surface area contributed by atoms with Crippen molar-refractivity contribution in [3.63, 3.8) is 0 Å². The van der Waals surface area contributed by atoms with E-state index in [-0.39, 0.29) is 6.07 Å². The molecule has 1 aliphatic heterocycles. The van der Waals surface area contributed by atoms with E-state index in [9.17, 15) is 31.4 Å². The lowest BCUT2D eigenvalue weighted by molar-refractivity contribution is -0.543. The van der Waals surface area contributed by atoms with Gasteiger partial charge in [-0.3, -0.25) is 0 Å². The molecule has 138 valence electrons. The van der Waals surface area contributed by atoms with Crippen molar-refractivity contribution in [2.75, 3.05) is 6.54 Å². The first-order valence-electron chi connectivity index (χ1n) is 7.70. The van der Waals surface area contributed by atoms with Crippen LogP contribution in [-0.4, -0.2) is 22.8 Å². The second-order valence-corrected chi connectivity index (χ2v) is 5.70. The van der Waals surface area contributed by atoms with Gasteiger partial charge < -0.3 is 5.11 Å². The maximum atomic E-state index is 12.9. The highest BCUT2D eigenvalue weighted by Crippen LogP contribution is 2.36. The average molecular weight is 366 g/mol. The van der Waals surface area contributed by atoms with Crippen molar-refractivity contribution in [3.05, 3.63) is 34.9 Å². The van der Waals surface area contributed by atoms with Crippen LogP contribution in [0.1, 0.15) is 49.3 Å². The molecular formula is C16H16F6N2O.